The van der Waals surface area contributed by atoms with Gasteiger partial charge in [-0.3, -0.25) is 0 Å². The van der Waals surface area contributed by atoms with Crippen molar-refractivity contribution in [2.24, 2.45) is 0 Å². The summed E-state index contributed by atoms with van der Waals surface area (Å²) in [5, 5.41) is 0.418. The third-order valence-corrected chi connectivity index (χ3v) is 3.75. The Kier molecular flexibility index (Phi) is 3.29. The smallest absolute Gasteiger partial charge is 0.128 e. The summed E-state index contributed by atoms with van der Waals surface area (Å²) in [6.45, 7) is 0. The fraction of sp³-hybridized carbons (Fsp3) is 0.0714. The number of nitrogens with zero attached hydrogens (tertiary/aromatic N) is 1. The van der Waals surface area contributed by atoms with Gasteiger partial charge >= 0.3 is 0 Å². The van der Waals surface area contributed by atoms with Crippen molar-refractivity contribution in [3.05, 3.63) is 63.1 Å². The van der Waals surface area contributed by atoms with Crippen molar-refractivity contribution in [2.75, 3.05) is 0 Å². The second-order valence-electron chi connectivity index (χ2n) is 4.22. The summed E-state index contributed by atoms with van der Waals surface area (Å²) in [7, 11) is 0. The Balaban J connectivity index is 2.01. The lowest BCUT2D eigenvalue weighted by molar-refractivity contribution is 0.612. The minimum Gasteiger partial charge on any atom is -0.342 e. The Bertz CT molecular complexity index is 734. The number of hydrogen-bond donors (Lipinski definition) is 1. The van der Waals surface area contributed by atoms with E-state index in [1.807, 2.05) is 18.2 Å². The molecule has 0 spiro atoms. The number of H-pyrrole nitrogens is 1. The predicted octanol–water partition coefficient (Wildman–Crippen LogP) is 4.71. The summed E-state index contributed by atoms with van der Waals surface area (Å²) in [4.78, 5) is 7.60. The van der Waals surface area contributed by atoms with Gasteiger partial charge in [0.2, 0.25) is 0 Å². The highest BCUT2D eigenvalue weighted by molar-refractivity contribution is 9.10. The molecule has 0 radical (unpaired) electrons. The van der Waals surface area contributed by atoms with Crippen molar-refractivity contribution in [2.45, 2.75) is 6.42 Å². The van der Waals surface area contributed by atoms with Gasteiger partial charge < -0.3 is 4.98 Å². The van der Waals surface area contributed by atoms with Crippen LogP contribution in [0.1, 0.15) is 11.4 Å². The monoisotopic (exact) mass is 338 g/mol. The van der Waals surface area contributed by atoms with Crippen LogP contribution in [0, 0.1) is 5.82 Å². The zero-order chi connectivity index (χ0) is 13.4. The number of nitrogens with one attached hydrogen (secondary N) is 1. The summed E-state index contributed by atoms with van der Waals surface area (Å²) >= 11 is 9.42. The lowest BCUT2D eigenvalue weighted by atomic mass is 10.1. The standard InChI is InChI=1S/C14H9BrClFN2/c15-8-4-5-12-13(6-8)19-14(18-12)7-9-10(16)2-1-3-11(9)17/h1-6H,7H2,(H,18,19). The van der Waals surface area contributed by atoms with E-state index in [-0.39, 0.29) is 5.82 Å². The third kappa shape index (κ3) is 2.51. The molecule has 0 saturated carbocycles. The summed E-state index contributed by atoms with van der Waals surface area (Å²) in [5.41, 5.74) is 2.23. The maximum absolute atomic E-state index is 13.7. The van der Waals surface area contributed by atoms with E-state index in [0.717, 1.165) is 15.5 Å². The van der Waals surface area contributed by atoms with Gasteiger partial charge in [-0.05, 0) is 30.3 Å². The number of benzene rings is 2. The van der Waals surface area contributed by atoms with E-state index in [1.54, 1.807) is 12.1 Å². The number of aromatic nitrogens is 2. The zero-order valence-corrected chi connectivity index (χ0v) is 12.1. The summed E-state index contributed by atoms with van der Waals surface area (Å²) in [6, 6.07) is 10.4. The second-order valence-corrected chi connectivity index (χ2v) is 5.54. The number of aromatic amines is 1. The number of hydrogen-bond acceptors (Lipinski definition) is 1. The van der Waals surface area contributed by atoms with E-state index in [0.29, 0.717) is 22.8 Å². The highest BCUT2D eigenvalue weighted by Crippen LogP contribution is 2.23. The molecule has 0 unspecified atom stereocenters. The van der Waals surface area contributed by atoms with Crippen molar-refractivity contribution >= 4 is 38.6 Å². The average Bonchev–Trinajstić information content (AvgIpc) is 2.75. The molecule has 0 aliphatic rings. The number of imidazole rings is 1. The minimum atomic E-state index is -0.311. The third-order valence-electron chi connectivity index (χ3n) is 2.90. The first-order valence-corrected chi connectivity index (χ1v) is 6.87. The van der Waals surface area contributed by atoms with Gasteiger partial charge in [0.1, 0.15) is 11.6 Å². The molecule has 96 valence electrons. The Morgan fingerprint density at radius 2 is 2.11 bits per heavy atom. The van der Waals surface area contributed by atoms with Gasteiger partial charge in [-0.1, -0.05) is 33.6 Å². The quantitative estimate of drug-likeness (QED) is 0.720. The predicted molar refractivity (Wildman–Crippen MR) is 78.0 cm³/mol. The van der Waals surface area contributed by atoms with Crippen molar-refractivity contribution in [1.29, 1.82) is 0 Å². The molecule has 2 nitrogen and oxygen atoms in total. The van der Waals surface area contributed by atoms with Gasteiger partial charge in [0.05, 0.1) is 11.0 Å². The summed E-state index contributed by atoms with van der Waals surface area (Å²) < 4.78 is 14.7. The van der Waals surface area contributed by atoms with E-state index in [2.05, 4.69) is 25.9 Å². The van der Waals surface area contributed by atoms with E-state index < -0.39 is 0 Å². The normalized spacial score (nSPS) is 11.1. The Labute approximate surface area is 122 Å². The van der Waals surface area contributed by atoms with Crippen LogP contribution in [-0.2, 0) is 6.42 Å². The molecule has 1 N–H and O–H groups in total. The van der Waals surface area contributed by atoms with E-state index in [1.165, 1.54) is 6.07 Å². The topological polar surface area (TPSA) is 28.7 Å². The van der Waals surface area contributed by atoms with E-state index in [4.69, 9.17) is 11.6 Å². The van der Waals surface area contributed by atoms with Crippen LogP contribution in [0.15, 0.2) is 40.9 Å². The zero-order valence-electron chi connectivity index (χ0n) is 9.75. The molecule has 1 heterocycles. The lowest BCUT2D eigenvalue weighted by Gasteiger charge is -2.03. The van der Waals surface area contributed by atoms with Gasteiger partial charge in [-0.25, -0.2) is 9.37 Å². The average molecular weight is 340 g/mol. The van der Waals surface area contributed by atoms with Gasteiger partial charge in [-0.15, -0.1) is 0 Å². The molecule has 5 heteroatoms. The number of fused-ring (bicyclic) bond motifs is 1. The maximum Gasteiger partial charge on any atom is 0.128 e. The molecule has 0 amide bonds. The van der Waals surface area contributed by atoms with E-state index >= 15 is 0 Å². The number of rotatable bonds is 2. The van der Waals surface area contributed by atoms with Crippen molar-refractivity contribution in [3.63, 3.8) is 0 Å². The highest BCUT2D eigenvalue weighted by atomic mass is 79.9. The summed E-state index contributed by atoms with van der Waals surface area (Å²) in [5.74, 6) is 0.384. The molecule has 1 aromatic heterocycles. The highest BCUT2D eigenvalue weighted by Gasteiger charge is 2.10. The lowest BCUT2D eigenvalue weighted by Crippen LogP contribution is -1.95. The van der Waals surface area contributed by atoms with Crippen LogP contribution >= 0.6 is 27.5 Å². The first-order chi connectivity index (χ1) is 9.13. The van der Waals surface area contributed by atoms with Gasteiger partial charge in [0.15, 0.2) is 0 Å². The first kappa shape index (κ1) is 12.6. The van der Waals surface area contributed by atoms with Crippen molar-refractivity contribution in [3.8, 4) is 0 Å². The van der Waals surface area contributed by atoms with Gasteiger partial charge in [-0.2, -0.15) is 0 Å². The second kappa shape index (κ2) is 4.94. The minimum absolute atomic E-state index is 0.311. The molecule has 0 aliphatic heterocycles. The molecular formula is C14H9BrClFN2. The Hall–Kier alpha value is -1.39. The van der Waals surface area contributed by atoms with Crippen LogP contribution in [-0.4, -0.2) is 9.97 Å². The van der Waals surface area contributed by atoms with Crippen molar-refractivity contribution in [1.82, 2.24) is 9.97 Å². The molecule has 3 aromatic rings. The van der Waals surface area contributed by atoms with Gasteiger partial charge in [0.25, 0.3) is 0 Å². The van der Waals surface area contributed by atoms with Crippen molar-refractivity contribution < 1.29 is 4.39 Å². The molecule has 0 saturated heterocycles. The first-order valence-electron chi connectivity index (χ1n) is 5.70. The Morgan fingerprint density at radius 1 is 1.26 bits per heavy atom. The Morgan fingerprint density at radius 3 is 2.89 bits per heavy atom. The molecule has 0 atom stereocenters. The molecule has 2 aromatic carbocycles. The van der Waals surface area contributed by atoms with Crippen LogP contribution in [0.2, 0.25) is 5.02 Å². The fourth-order valence-corrected chi connectivity index (χ4v) is 2.58. The molecule has 0 aliphatic carbocycles. The van der Waals surface area contributed by atoms with E-state index in [9.17, 15) is 4.39 Å². The van der Waals surface area contributed by atoms with Crippen LogP contribution < -0.4 is 0 Å². The van der Waals surface area contributed by atoms with Crippen LogP contribution in [0.25, 0.3) is 11.0 Å². The number of halogens is 3. The molecule has 19 heavy (non-hydrogen) atoms. The van der Waals surface area contributed by atoms with Crippen LogP contribution in [0.5, 0.6) is 0 Å². The van der Waals surface area contributed by atoms with Crippen LogP contribution in [0.4, 0.5) is 4.39 Å². The summed E-state index contributed by atoms with van der Waals surface area (Å²) in [6.07, 6.45) is 0.345. The van der Waals surface area contributed by atoms with Crippen LogP contribution in [0.3, 0.4) is 0 Å². The molecule has 0 bridgehead atoms. The SMILES string of the molecule is Fc1cccc(Cl)c1Cc1nc2ccc(Br)cc2[nH]1. The largest absolute Gasteiger partial charge is 0.342 e. The van der Waals surface area contributed by atoms with Gasteiger partial charge in [0, 0.05) is 21.5 Å². The maximum atomic E-state index is 13.7. The molecular weight excluding hydrogens is 331 g/mol. The molecule has 3 rings (SSSR count). The molecule has 0 fully saturated rings. The fourth-order valence-electron chi connectivity index (χ4n) is 1.99.